The van der Waals surface area contributed by atoms with Crippen molar-refractivity contribution in [2.75, 3.05) is 6.54 Å². The molecule has 1 aromatic rings. The first-order chi connectivity index (χ1) is 13.0. The minimum Gasteiger partial charge on any atom is -0.441 e. The van der Waals surface area contributed by atoms with Gasteiger partial charge in [-0.2, -0.15) is 0 Å². The zero-order chi connectivity index (χ0) is 18.6. The Labute approximate surface area is 158 Å². The van der Waals surface area contributed by atoms with Crippen molar-refractivity contribution in [3.8, 4) is 0 Å². The number of nitrogens with zero attached hydrogens (tertiary/aromatic N) is 1. The lowest BCUT2D eigenvalue weighted by Gasteiger charge is -2.30. The van der Waals surface area contributed by atoms with E-state index in [0.717, 1.165) is 24.9 Å². The highest BCUT2D eigenvalue weighted by atomic mass is 16.8. The molecule has 0 unspecified atom stereocenters. The molecule has 4 aliphatic heterocycles. The molecule has 27 heavy (non-hydrogen) atoms. The summed E-state index contributed by atoms with van der Waals surface area (Å²) < 4.78 is 30.1. The molecule has 6 atom stereocenters. The fourth-order valence-electron chi connectivity index (χ4n) is 4.63. The van der Waals surface area contributed by atoms with E-state index in [4.69, 9.17) is 23.7 Å². The van der Waals surface area contributed by atoms with Crippen LogP contribution in [0.15, 0.2) is 30.3 Å². The monoisotopic (exact) mass is 375 g/mol. The first-order valence-electron chi connectivity index (χ1n) is 9.66. The Bertz CT molecular complexity index is 710. The zero-order valence-electron chi connectivity index (χ0n) is 15.6. The molecule has 7 heteroatoms. The van der Waals surface area contributed by atoms with E-state index >= 15 is 0 Å². The number of ether oxygens (including phenoxy) is 5. The second-order valence-corrected chi connectivity index (χ2v) is 8.08. The summed E-state index contributed by atoms with van der Waals surface area (Å²) in [5, 5.41) is 0. The summed E-state index contributed by atoms with van der Waals surface area (Å²) in [5.41, 5.74) is 1.07. The van der Waals surface area contributed by atoms with E-state index in [1.807, 2.05) is 49.1 Å². The van der Waals surface area contributed by atoms with Crippen molar-refractivity contribution in [3.63, 3.8) is 0 Å². The highest BCUT2D eigenvalue weighted by Crippen LogP contribution is 2.43. The quantitative estimate of drug-likeness (QED) is 0.805. The molecule has 0 aromatic heterocycles. The Kier molecular flexibility index (Phi) is 4.16. The molecule has 4 fully saturated rings. The van der Waals surface area contributed by atoms with Crippen molar-refractivity contribution in [2.45, 2.75) is 75.8 Å². The molecule has 4 saturated heterocycles. The minimum absolute atomic E-state index is 0.0390. The van der Waals surface area contributed by atoms with Crippen molar-refractivity contribution in [3.05, 3.63) is 35.9 Å². The van der Waals surface area contributed by atoms with Crippen LogP contribution in [-0.4, -0.2) is 60.1 Å². The largest absolute Gasteiger partial charge is 0.441 e. The Hall–Kier alpha value is -1.67. The highest BCUT2D eigenvalue weighted by molar-refractivity contribution is 5.71. The lowest BCUT2D eigenvalue weighted by atomic mass is 9.98. The van der Waals surface area contributed by atoms with Crippen molar-refractivity contribution >= 4 is 6.09 Å². The highest BCUT2D eigenvalue weighted by Gasteiger charge is 2.61. The lowest BCUT2D eigenvalue weighted by Crippen LogP contribution is -2.47. The number of carbonyl (C=O) groups is 1. The third-order valence-electron chi connectivity index (χ3n) is 5.79. The molecule has 4 heterocycles. The number of fused-ring (bicyclic) bond motifs is 2. The summed E-state index contributed by atoms with van der Waals surface area (Å²) in [6.45, 7) is 4.92. The summed E-state index contributed by atoms with van der Waals surface area (Å²) in [6.07, 6.45) is -0.334. The van der Waals surface area contributed by atoms with Gasteiger partial charge in [-0.3, -0.25) is 0 Å². The van der Waals surface area contributed by atoms with E-state index in [0.29, 0.717) is 6.61 Å². The molecular formula is C20H25NO6. The van der Waals surface area contributed by atoms with Crippen LogP contribution in [0.2, 0.25) is 0 Å². The zero-order valence-corrected chi connectivity index (χ0v) is 15.6. The van der Waals surface area contributed by atoms with Gasteiger partial charge in [0.2, 0.25) is 0 Å². The summed E-state index contributed by atoms with van der Waals surface area (Å²) in [4.78, 5) is 14.0. The van der Waals surface area contributed by atoms with E-state index in [1.165, 1.54) is 0 Å². The van der Waals surface area contributed by atoms with Gasteiger partial charge in [-0.1, -0.05) is 30.3 Å². The maximum absolute atomic E-state index is 12.2. The molecule has 0 radical (unpaired) electrons. The Morgan fingerprint density at radius 2 is 1.96 bits per heavy atom. The maximum Gasteiger partial charge on any atom is 0.410 e. The van der Waals surface area contributed by atoms with Gasteiger partial charge < -0.3 is 28.6 Å². The average Bonchev–Trinajstić information content (AvgIpc) is 3.36. The molecular weight excluding hydrogens is 350 g/mol. The van der Waals surface area contributed by atoms with Crippen LogP contribution in [0.5, 0.6) is 0 Å². The summed E-state index contributed by atoms with van der Waals surface area (Å²) in [5.74, 6) is -0.722. The van der Waals surface area contributed by atoms with Crippen LogP contribution in [0.1, 0.15) is 32.3 Å². The minimum atomic E-state index is -0.722. The SMILES string of the molecule is CC1(C)O[C@H]2O[C@H]([C@@H]3OC(=O)N4CCC[C@H]34)[C@H](OCc3ccccc3)[C@H]2O1. The third kappa shape index (κ3) is 3.02. The first-order valence-corrected chi connectivity index (χ1v) is 9.66. The van der Waals surface area contributed by atoms with Crippen LogP contribution < -0.4 is 0 Å². The predicted molar refractivity (Wildman–Crippen MR) is 93.7 cm³/mol. The molecule has 1 aromatic carbocycles. The average molecular weight is 375 g/mol. The molecule has 0 aliphatic carbocycles. The topological polar surface area (TPSA) is 66.5 Å². The van der Waals surface area contributed by atoms with Crippen LogP contribution in [-0.2, 0) is 30.3 Å². The van der Waals surface area contributed by atoms with Crippen LogP contribution in [0, 0.1) is 0 Å². The summed E-state index contributed by atoms with van der Waals surface area (Å²) in [7, 11) is 0. The van der Waals surface area contributed by atoms with Gasteiger partial charge >= 0.3 is 6.09 Å². The fourth-order valence-corrected chi connectivity index (χ4v) is 4.63. The summed E-state index contributed by atoms with van der Waals surface area (Å²) in [6, 6.07) is 10.0. The predicted octanol–water partition coefficient (Wildman–Crippen LogP) is 2.43. The Morgan fingerprint density at radius 1 is 1.15 bits per heavy atom. The molecule has 0 bridgehead atoms. The van der Waals surface area contributed by atoms with Gasteiger partial charge in [0.1, 0.15) is 18.3 Å². The fraction of sp³-hybridized carbons (Fsp3) is 0.650. The molecule has 0 spiro atoms. The second kappa shape index (κ2) is 6.44. The smallest absolute Gasteiger partial charge is 0.410 e. The number of amides is 1. The summed E-state index contributed by atoms with van der Waals surface area (Å²) >= 11 is 0. The number of benzene rings is 1. The van der Waals surface area contributed by atoms with Gasteiger partial charge in [0.25, 0.3) is 0 Å². The number of rotatable bonds is 4. The van der Waals surface area contributed by atoms with Crippen LogP contribution >= 0.6 is 0 Å². The number of carbonyl (C=O) groups excluding carboxylic acids is 1. The van der Waals surface area contributed by atoms with E-state index in [-0.39, 0.29) is 30.4 Å². The van der Waals surface area contributed by atoms with Crippen molar-refractivity contribution in [1.29, 1.82) is 0 Å². The second-order valence-electron chi connectivity index (χ2n) is 8.08. The number of hydrogen-bond donors (Lipinski definition) is 0. The third-order valence-corrected chi connectivity index (χ3v) is 5.79. The van der Waals surface area contributed by atoms with Crippen molar-refractivity contribution in [2.24, 2.45) is 0 Å². The number of cyclic esters (lactones) is 1. The van der Waals surface area contributed by atoms with Gasteiger partial charge in [0.05, 0.1) is 12.6 Å². The molecule has 146 valence electrons. The van der Waals surface area contributed by atoms with Gasteiger partial charge in [-0.05, 0) is 32.3 Å². The Morgan fingerprint density at radius 3 is 2.78 bits per heavy atom. The lowest BCUT2D eigenvalue weighted by molar-refractivity contribution is -0.229. The number of hydrogen-bond acceptors (Lipinski definition) is 6. The molecule has 4 aliphatic rings. The van der Waals surface area contributed by atoms with E-state index in [2.05, 4.69) is 0 Å². The normalized spacial score (nSPS) is 39.5. The van der Waals surface area contributed by atoms with E-state index < -0.39 is 18.2 Å². The van der Waals surface area contributed by atoms with E-state index in [9.17, 15) is 4.79 Å². The van der Waals surface area contributed by atoms with Crippen molar-refractivity contribution < 1.29 is 28.5 Å². The first kappa shape index (κ1) is 17.4. The van der Waals surface area contributed by atoms with Crippen molar-refractivity contribution in [1.82, 2.24) is 4.90 Å². The molecule has 5 rings (SSSR count). The van der Waals surface area contributed by atoms with Gasteiger partial charge in [0, 0.05) is 6.54 Å². The van der Waals surface area contributed by atoms with Crippen LogP contribution in [0.25, 0.3) is 0 Å². The van der Waals surface area contributed by atoms with Crippen LogP contribution in [0.4, 0.5) is 4.79 Å². The van der Waals surface area contributed by atoms with Gasteiger partial charge in [0.15, 0.2) is 18.2 Å². The molecule has 1 amide bonds. The maximum atomic E-state index is 12.2. The van der Waals surface area contributed by atoms with Gasteiger partial charge in [-0.25, -0.2) is 4.79 Å². The van der Waals surface area contributed by atoms with E-state index in [1.54, 1.807) is 0 Å². The van der Waals surface area contributed by atoms with Crippen LogP contribution in [0.3, 0.4) is 0 Å². The molecule has 0 N–H and O–H groups in total. The van der Waals surface area contributed by atoms with Gasteiger partial charge in [-0.15, -0.1) is 0 Å². The standard InChI is InChI=1S/C20H25NO6/c1-20(2)26-17-15(23-11-12-7-4-3-5-8-12)16(24-18(17)27-20)14-13-9-6-10-21(13)19(22)25-14/h3-5,7-8,13-18H,6,9-11H2,1-2H3/t13-,14-,15+,16-,17-,18-/m1/s1. The molecule has 7 nitrogen and oxygen atoms in total. The Balaban J connectivity index is 1.37. The molecule has 0 saturated carbocycles.